The fourth-order valence-corrected chi connectivity index (χ4v) is 12.7. The maximum absolute atomic E-state index is 13.6. The van der Waals surface area contributed by atoms with Gasteiger partial charge in [-0.3, -0.25) is 19.4 Å². The smallest absolute Gasteiger partial charge is 0.238 e. The zero-order valence-electron chi connectivity index (χ0n) is 32.6. The molecule has 0 atom stereocenters. The normalized spacial score (nSPS) is 16.7. The first-order valence-corrected chi connectivity index (χ1v) is 24.9. The number of nitrogens with one attached hydrogen (secondary N) is 2. The maximum Gasteiger partial charge on any atom is 0.238 e. The van der Waals surface area contributed by atoms with Crippen molar-refractivity contribution >= 4 is 135 Å². The first kappa shape index (κ1) is 39.6. The quantitative estimate of drug-likeness (QED) is 0.161. The third-order valence-electron chi connectivity index (χ3n) is 11.3. The van der Waals surface area contributed by atoms with E-state index in [1.807, 2.05) is 47.0 Å². The highest BCUT2D eigenvalue weighted by Gasteiger charge is 2.17. The molecule has 0 saturated carbocycles. The Balaban J connectivity index is 0.772. The van der Waals surface area contributed by atoms with E-state index in [0.29, 0.717) is 13.1 Å². The number of nitrogens with zero attached hydrogens (tertiary/aromatic N) is 2. The summed E-state index contributed by atoms with van der Waals surface area (Å²) in [4.78, 5) is 31.8. The SMILES string of the molecule is O=C(CN1CCSCCSCCN(CC(=O)Nc2ccc3ccc4cccc5ccc2c3c45)CCSCCSCC1)Nc1ccc2ccc3cccc4ccc1c2c34. The number of carbonyl (C=O) groups is 2. The molecule has 1 fully saturated rings. The fourth-order valence-electron chi connectivity index (χ4n) is 8.43. The first-order chi connectivity index (χ1) is 28.6. The summed E-state index contributed by atoms with van der Waals surface area (Å²) < 4.78 is 0. The van der Waals surface area contributed by atoms with Gasteiger partial charge in [-0.2, -0.15) is 47.0 Å². The number of benzene rings is 8. The molecule has 0 unspecified atom stereocenters. The van der Waals surface area contributed by atoms with Gasteiger partial charge in [0, 0.05) is 94.3 Å². The zero-order chi connectivity index (χ0) is 39.3. The molecule has 2 amide bonds. The summed E-state index contributed by atoms with van der Waals surface area (Å²) in [7, 11) is 0. The van der Waals surface area contributed by atoms with Crippen molar-refractivity contribution in [3.05, 3.63) is 109 Å². The summed E-state index contributed by atoms with van der Waals surface area (Å²) in [6.07, 6.45) is 0. The predicted octanol–water partition coefficient (Wildman–Crippen LogP) is 10.6. The van der Waals surface area contributed by atoms with Crippen LogP contribution in [0.3, 0.4) is 0 Å². The summed E-state index contributed by atoms with van der Waals surface area (Å²) in [5.74, 6) is 8.41. The van der Waals surface area contributed by atoms with E-state index in [1.165, 1.54) is 53.9 Å². The molecule has 296 valence electrons. The predicted molar refractivity (Wildman–Crippen MR) is 260 cm³/mol. The molecule has 9 rings (SSSR count). The van der Waals surface area contributed by atoms with Crippen molar-refractivity contribution in [1.29, 1.82) is 0 Å². The Labute approximate surface area is 357 Å². The van der Waals surface area contributed by atoms with Crippen LogP contribution in [0.4, 0.5) is 11.4 Å². The maximum atomic E-state index is 13.6. The van der Waals surface area contributed by atoms with Crippen LogP contribution < -0.4 is 10.6 Å². The highest BCUT2D eigenvalue weighted by atomic mass is 32.2. The third-order valence-corrected chi connectivity index (χ3v) is 15.7. The highest BCUT2D eigenvalue weighted by molar-refractivity contribution is 8.03. The molecule has 0 bridgehead atoms. The number of thioether (sulfide) groups is 4. The third kappa shape index (κ3) is 8.83. The van der Waals surface area contributed by atoms with Gasteiger partial charge in [0.15, 0.2) is 0 Å². The Kier molecular flexibility index (Phi) is 12.7. The number of carbonyl (C=O) groups excluding carboxylic acids is 2. The Morgan fingerprint density at radius 1 is 0.397 bits per heavy atom. The second kappa shape index (κ2) is 18.6. The molecule has 1 saturated heterocycles. The molecule has 0 radical (unpaired) electrons. The van der Waals surface area contributed by atoms with E-state index in [2.05, 4.69) is 130 Å². The van der Waals surface area contributed by atoms with Crippen molar-refractivity contribution in [2.75, 3.05) is 95.9 Å². The second-order valence-corrected chi connectivity index (χ2v) is 19.9. The Hall–Kier alpha value is -3.90. The van der Waals surface area contributed by atoms with Crippen LogP contribution in [0, 0.1) is 0 Å². The van der Waals surface area contributed by atoms with Gasteiger partial charge in [0.1, 0.15) is 0 Å². The molecule has 2 N–H and O–H groups in total. The number of hydrogen-bond donors (Lipinski definition) is 2. The van der Waals surface area contributed by atoms with Gasteiger partial charge >= 0.3 is 0 Å². The Bertz CT molecular complexity index is 2450. The van der Waals surface area contributed by atoms with Gasteiger partial charge in [-0.25, -0.2) is 0 Å². The number of rotatable bonds is 6. The van der Waals surface area contributed by atoms with Gasteiger partial charge in [0.25, 0.3) is 0 Å². The molecule has 1 aliphatic rings. The minimum absolute atomic E-state index is 0.0486. The number of hydrogen-bond acceptors (Lipinski definition) is 8. The van der Waals surface area contributed by atoms with E-state index in [-0.39, 0.29) is 11.8 Å². The molecule has 58 heavy (non-hydrogen) atoms. The van der Waals surface area contributed by atoms with Crippen LogP contribution >= 0.6 is 47.0 Å². The lowest BCUT2D eigenvalue weighted by Gasteiger charge is -2.23. The average Bonchev–Trinajstić information content (AvgIpc) is 3.24. The van der Waals surface area contributed by atoms with Gasteiger partial charge in [0.05, 0.1) is 13.1 Å². The van der Waals surface area contributed by atoms with E-state index in [1.54, 1.807) is 0 Å². The first-order valence-electron chi connectivity index (χ1n) is 20.3. The molecule has 8 aromatic rings. The van der Waals surface area contributed by atoms with Gasteiger partial charge in [-0.05, 0) is 66.0 Å². The lowest BCUT2D eigenvalue weighted by atomic mass is 9.93. The average molecular weight is 841 g/mol. The van der Waals surface area contributed by atoms with Crippen molar-refractivity contribution in [2.45, 2.75) is 0 Å². The lowest BCUT2D eigenvalue weighted by molar-refractivity contribution is -0.118. The van der Waals surface area contributed by atoms with Crippen LogP contribution in [0.5, 0.6) is 0 Å². The summed E-state index contributed by atoms with van der Waals surface area (Å²) in [5, 5.41) is 21.1. The molecule has 0 spiro atoms. The molecule has 0 aromatic heterocycles. The van der Waals surface area contributed by atoms with Crippen molar-refractivity contribution in [3.63, 3.8) is 0 Å². The molecule has 1 aliphatic heterocycles. The summed E-state index contributed by atoms with van der Waals surface area (Å²) >= 11 is 7.88. The van der Waals surface area contributed by atoms with Crippen molar-refractivity contribution in [3.8, 4) is 0 Å². The fraction of sp³-hybridized carbons (Fsp3) is 0.292. The van der Waals surface area contributed by atoms with E-state index >= 15 is 0 Å². The lowest BCUT2D eigenvalue weighted by Crippen LogP contribution is -2.37. The van der Waals surface area contributed by atoms with Crippen LogP contribution in [0.25, 0.3) is 64.6 Å². The number of anilines is 2. The minimum Gasteiger partial charge on any atom is -0.324 e. The Morgan fingerprint density at radius 3 is 1.07 bits per heavy atom. The van der Waals surface area contributed by atoms with Crippen LogP contribution in [-0.2, 0) is 9.59 Å². The van der Waals surface area contributed by atoms with E-state index < -0.39 is 0 Å². The van der Waals surface area contributed by atoms with Crippen LogP contribution in [0.15, 0.2) is 109 Å². The molecule has 0 aliphatic carbocycles. The van der Waals surface area contributed by atoms with E-state index in [9.17, 15) is 9.59 Å². The summed E-state index contributed by atoms with van der Waals surface area (Å²) in [6, 6.07) is 38.7. The van der Waals surface area contributed by atoms with Crippen LogP contribution in [0.2, 0.25) is 0 Å². The largest absolute Gasteiger partial charge is 0.324 e. The van der Waals surface area contributed by atoms with Crippen LogP contribution in [0.1, 0.15) is 0 Å². The number of amides is 2. The van der Waals surface area contributed by atoms with Gasteiger partial charge in [-0.15, -0.1) is 0 Å². The van der Waals surface area contributed by atoms with Gasteiger partial charge in [0.2, 0.25) is 11.8 Å². The monoisotopic (exact) mass is 840 g/mol. The summed E-state index contributed by atoms with van der Waals surface area (Å²) in [5.41, 5.74) is 1.77. The van der Waals surface area contributed by atoms with E-state index in [4.69, 9.17) is 0 Å². The highest BCUT2D eigenvalue weighted by Crippen LogP contribution is 2.39. The van der Waals surface area contributed by atoms with Gasteiger partial charge in [-0.1, -0.05) is 97.1 Å². The van der Waals surface area contributed by atoms with Crippen molar-refractivity contribution in [1.82, 2.24) is 9.80 Å². The van der Waals surface area contributed by atoms with Crippen molar-refractivity contribution in [2.24, 2.45) is 0 Å². The van der Waals surface area contributed by atoms with Crippen molar-refractivity contribution < 1.29 is 9.59 Å². The minimum atomic E-state index is 0.0486. The molecular weight excluding hydrogens is 793 g/mol. The van der Waals surface area contributed by atoms with Gasteiger partial charge < -0.3 is 10.6 Å². The standard InChI is InChI=1S/C48H48N4O2S4/c53-43(49-41-17-13-37-9-7-33-3-1-5-35-11-15-39(41)47(37)45(33)35)31-51-19-23-55-27-29-57-25-21-52(22-26-58-30-28-56-24-20-51)32-44(54)50-42-18-14-38-10-8-34-4-2-6-36-12-16-40(42)48(38)46(34)36/h1-18H,19-32H2,(H,49,53)(H,50,54). The molecule has 6 nitrogen and oxygen atoms in total. The Morgan fingerprint density at radius 2 is 0.707 bits per heavy atom. The molecule has 8 aromatic carbocycles. The molecular formula is C48H48N4O2S4. The zero-order valence-corrected chi connectivity index (χ0v) is 35.9. The van der Waals surface area contributed by atoms with Crippen LogP contribution in [-0.4, -0.2) is 107 Å². The molecule has 10 heteroatoms. The molecule has 1 heterocycles. The second-order valence-electron chi connectivity index (χ2n) is 15.0. The van der Waals surface area contributed by atoms with E-state index in [0.717, 1.165) is 94.3 Å². The topological polar surface area (TPSA) is 64.7 Å². The summed E-state index contributed by atoms with van der Waals surface area (Å²) in [6.45, 7) is 4.37.